The number of hydrogen-bond acceptors (Lipinski definition) is 2. The fraction of sp³-hybridized carbons (Fsp3) is 0.615. The zero-order valence-electron chi connectivity index (χ0n) is 10.5. The van der Waals surface area contributed by atoms with Crippen molar-refractivity contribution in [2.75, 3.05) is 5.73 Å². The van der Waals surface area contributed by atoms with Gasteiger partial charge in [0.1, 0.15) is 11.8 Å². The third kappa shape index (κ3) is 2.57. The molecule has 0 bridgehead atoms. The van der Waals surface area contributed by atoms with E-state index in [0.29, 0.717) is 11.7 Å². The minimum Gasteiger partial charge on any atom is -0.397 e. The molecule has 0 atom stereocenters. The maximum Gasteiger partial charge on any atom is 0.122 e. The van der Waals surface area contributed by atoms with Crippen molar-refractivity contribution in [3.8, 4) is 6.07 Å². The van der Waals surface area contributed by atoms with Gasteiger partial charge in [0.25, 0.3) is 0 Å². The third-order valence-corrected chi connectivity index (χ3v) is 2.82. The van der Waals surface area contributed by atoms with Gasteiger partial charge in [-0.2, -0.15) is 5.26 Å². The Morgan fingerprint density at radius 2 is 2.12 bits per heavy atom. The number of nitrogen functional groups attached to an aromatic ring is 1. The van der Waals surface area contributed by atoms with Crippen LogP contribution in [0.1, 0.15) is 57.5 Å². The first-order chi connectivity index (χ1) is 7.61. The van der Waals surface area contributed by atoms with Crippen molar-refractivity contribution in [1.82, 2.24) is 4.57 Å². The maximum atomic E-state index is 9.05. The third-order valence-electron chi connectivity index (χ3n) is 2.82. The van der Waals surface area contributed by atoms with E-state index in [-0.39, 0.29) is 0 Å². The molecule has 0 unspecified atom stereocenters. The zero-order valence-corrected chi connectivity index (χ0v) is 10.5. The van der Waals surface area contributed by atoms with Gasteiger partial charge in [-0.05, 0) is 32.8 Å². The summed E-state index contributed by atoms with van der Waals surface area (Å²) in [4.78, 5) is 0. The molecule has 3 nitrogen and oxygen atoms in total. The molecule has 3 heteroatoms. The van der Waals surface area contributed by atoms with Gasteiger partial charge in [0.05, 0.1) is 5.69 Å². The molecule has 0 fully saturated rings. The number of nitrogens with two attached hydrogens (primary N) is 1. The topological polar surface area (TPSA) is 54.7 Å². The van der Waals surface area contributed by atoms with Crippen LogP contribution in [0.4, 0.5) is 5.69 Å². The summed E-state index contributed by atoms with van der Waals surface area (Å²) >= 11 is 0. The van der Waals surface area contributed by atoms with E-state index in [1.54, 1.807) is 6.07 Å². The van der Waals surface area contributed by atoms with Crippen LogP contribution in [-0.4, -0.2) is 4.57 Å². The highest BCUT2D eigenvalue weighted by Crippen LogP contribution is 2.24. The quantitative estimate of drug-likeness (QED) is 0.773. The smallest absolute Gasteiger partial charge is 0.122 e. The Bertz CT molecular complexity index is 383. The molecule has 16 heavy (non-hydrogen) atoms. The fourth-order valence-electron chi connectivity index (χ4n) is 2.07. The highest BCUT2D eigenvalue weighted by molar-refractivity contribution is 5.51. The second kappa shape index (κ2) is 5.60. The molecule has 88 valence electrons. The molecular formula is C13H21N3. The molecule has 1 aromatic heterocycles. The second-order valence-electron chi connectivity index (χ2n) is 4.46. The van der Waals surface area contributed by atoms with Gasteiger partial charge in [0, 0.05) is 11.7 Å². The van der Waals surface area contributed by atoms with Gasteiger partial charge in [0.15, 0.2) is 0 Å². The monoisotopic (exact) mass is 219 g/mol. The summed E-state index contributed by atoms with van der Waals surface area (Å²) in [5.74, 6) is 0. The molecule has 0 saturated heterocycles. The molecule has 1 aromatic rings. The van der Waals surface area contributed by atoms with Crippen LogP contribution in [0.25, 0.3) is 0 Å². The largest absolute Gasteiger partial charge is 0.397 e. The zero-order chi connectivity index (χ0) is 12.1. The van der Waals surface area contributed by atoms with Crippen LogP contribution >= 0.6 is 0 Å². The molecule has 2 N–H and O–H groups in total. The molecule has 1 rings (SSSR count). The molecule has 0 aliphatic carbocycles. The van der Waals surface area contributed by atoms with Gasteiger partial charge in [-0.3, -0.25) is 0 Å². The lowest BCUT2D eigenvalue weighted by Crippen LogP contribution is -2.09. The maximum absolute atomic E-state index is 9.05. The molecular weight excluding hydrogens is 198 g/mol. The van der Waals surface area contributed by atoms with E-state index in [9.17, 15) is 0 Å². The van der Waals surface area contributed by atoms with E-state index in [1.807, 2.05) is 0 Å². The standard InChI is InChI=1S/C13H21N3/c1-4-5-6-7-13-12(15)8-11(9-14)16(13)10(2)3/h8,10H,4-7,15H2,1-3H3. The minimum absolute atomic E-state index is 0.295. The van der Waals surface area contributed by atoms with Crippen molar-refractivity contribution in [3.05, 3.63) is 17.5 Å². The SMILES string of the molecule is CCCCCc1c(N)cc(C#N)n1C(C)C. The average Bonchev–Trinajstić information content (AvgIpc) is 2.56. The number of aromatic nitrogens is 1. The van der Waals surface area contributed by atoms with Crippen molar-refractivity contribution in [1.29, 1.82) is 5.26 Å². The predicted molar refractivity (Wildman–Crippen MR) is 67.2 cm³/mol. The average molecular weight is 219 g/mol. The summed E-state index contributed by atoms with van der Waals surface area (Å²) < 4.78 is 2.06. The molecule has 0 saturated carbocycles. The van der Waals surface area contributed by atoms with E-state index in [2.05, 4.69) is 31.4 Å². The Kier molecular flexibility index (Phi) is 4.42. The Labute approximate surface area is 97.9 Å². The number of rotatable bonds is 5. The molecule has 0 aliphatic heterocycles. The van der Waals surface area contributed by atoms with Crippen LogP contribution in [0, 0.1) is 11.3 Å². The van der Waals surface area contributed by atoms with Crippen LogP contribution in [0.15, 0.2) is 6.07 Å². The van der Waals surface area contributed by atoms with Crippen LogP contribution in [0.2, 0.25) is 0 Å². The highest BCUT2D eigenvalue weighted by Gasteiger charge is 2.14. The highest BCUT2D eigenvalue weighted by atomic mass is 15.0. The second-order valence-corrected chi connectivity index (χ2v) is 4.46. The number of nitriles is 1. The number of unbranched alkanes of at least 4 members (excludes halogenated alkanes) is 2. The summed E-state index contributed by atoms with van der Waals surface area (Å²) in [5.41, 5.74) is 8.54. The molecule has 0 aliphatic rings. The Hall–Kier alpha value is -1.43. The Morgan fingerprint density at radius 1 is 1.44 bits per heavy atom. The summed E-state index contributed by atoms with van der Waals surface area (Å²) in [6.07, 6.45) is 4.53. The summed E-state index contributed by atoms with van der Waals surface area (Å²) in [7, 11) is 0. The molecule has 0 spiro atoms. The van der Waals surface area contributed by atoms with Crippen molar-refractivity contribution in [2.45, 2.75) is 52.5 Å². The lowest BCUT2D eigenvalue weighted by atomic mass is 10.1. The molecule has 0 radical (unpaired) electrons. The summed E-state index contributed by atoms with van der Waals surface area (Å²) in [6.45, 7) is 6.36. The van der Waals surface area contributed by atoms with Crippen LogP contribution in [0.5, 0.6) is 0 Å². The van der Waals surface area contributed by atoms with E-state index < -0.39 is 0 Å². The normalized spacial score (nSPS) is 10.7. The summed E-state index contributed by atoms with van der Waals surface area (Å²) in [6, 6.07) is 4.30. The van der Waals surface area contributed by atoms with E-state index in [0.717, 1.165) is 24.2 Å². The van der Waals surface area contributed by atoms with E-state index >= 15 is 0 Å². The lowest BCUT2D eigenvalue weighted by molar-refractivity contribution is 0.560. The first-order valence-corrected chi connectivity index (χ1v) is 6.01. The van der Waals surface area contributed by atoms with Crippen LogP contribution < -0.4 is 5.73 Å². The van der Waals surface area contributed by atoms with Gasteiger partial charge in [-0.1, -0.05) is 19.8 Å². The van der Waals surface area contributed by atoms with Gasteiger partial charge < -0.3 is 10.3 Å². The number of anilines is 1. The van der Waals surface area contributed by atoms with Crippen LogP contribution in [0.3, 0.4) is 0 Å². The van der Waals surface area contributed by atoms with Crippen molar-refractivity contribution in [3.63, 3.8) is 0 Å². The molecule has 1 heterocycles. The summed E-state index contributed by atoms with van der Waals surface area (Å²) in [5, 5.41) is 9.05. The first-order valence-electron chi connectivity index (χ1n) is 6.01. The van der Waals surface area contributed by atoms with Gasteiger partial charge in [-0.25, -0.2) is 0 Å². The first kappa shape index (κ1) is 12.6. The van der Waals surface area contributed by atoms with Gasteiger partial charge in [-0.15, -0.1) is 0 Å². The van der Waals surface area contributed by atoms with Crippen molar-refractivity contribution in [2.24, 2.45) is 0 Å². The molecule has 0 amide bonds. The fourth-order valence-corrected chi connectivity index (χ4v) is 2.07. The Morgan fingerprint density at radius 3 is 2.62 bits per heavy atom. The number of nitrogens with zero attached hydrogens (tertiary/aromatic N) is 2. The van der Waals surface area contributed by atoms with Gasteiger partial charge >= 0.3 is 0 Å². The minimum atomic E-state index is 0.295. The van der Waals surface area contributed by atoms with E-state index in [4.69, 9.17) is 11.0 Å². The molecule has 0 aromatic carbocycles. The number of hydrogen-bond donors (Lipinski definition) is 1. The van der Waals surface area contributed by atoms with E-state index in [1.165, 1.54) is 12.8 Å². The van der Waals surface area contributed by atoms with Gasteiger partial charge in [0.2, 0.25) is 0 Å². The van der Waals surface area contributed by atoms with Crippen molar-refractivity contribution < 1.29 is 0 Å². The van der Waals surface area contributed by atoms with Crippen LogP contribution in [-0.2, 0) is 6.42 Å². The predicted octanol–water partition coefficient (Wildman–Crippen LogP) is 3.26. The lowest BCUT2D eigenvalue weighted by Gasteiger charge is -2.14. The Balaban J connectivity index is 2.97. The van der Waals surface area contributed by atoms with Crippen molar-refractivity contribution >= 4 is 5.69 Å².